The van der Waals surface area contributed by atoms with Crippen LogP contribution in [0.25, 0.3) is 6.08 Å². The number of amides is 1. The molecule has 5 aromatic rings. The summed E-state index contributed by atoms with van der Waals surface area (Å²) in [5, 5.41) is 4.10. The lowest BCUT2D eigenvalue weighted by molar-refractivity contribution is -0.113. The van der Waals surface area contributed by atoms with E-state index < -0.39 is 6.04 Å². The third-order valence-electron chi connectivity index (χ3n) is 6.96. The highest BCUT2D eigenvalue weighted by molar-refractivity contribution is 7.07. The van der Waals surface area contributed by atoms with Crippen molar-refractivity contribution in [3.05, 3.63) is 161 Å². The number of thiazole rings is 1. The van der Waals surface area contributed by atoms with Crippen molar-refractivity contribution in [3.8, 4) is 5.75 Å². The molecular formula is C34H25Cl2N3O3S. The summed E-state index contributed by atoms with van der Waals surface area (Å²) in [6, 6.07) is 30.8. The Kier molecular flexibility index (Phi) is 8.29. The molecular weight excluding hydrogens is 601 g/mol. The number of rotatable bonds is 7. The average molecular weight is 627 g/mol. The highest BCUT2D eigenvalue weighted by Gasteiger charge is 2.32. The molecule has 0 fully saturated rings. The molecule has 0 radical (unpaired) electrons. The first-order chi connectivity index (χ1) is 20.9. The Bertz CT molecular complexity index is 2040. The summed E-state index contributed by atoms with van der Waals surface area (Å²) in [5.74, 6) is 0.246. The van der Waals surface area contributed by atoms with Crippen molar-refractivity contribution in [1.29, 1.82) is 0 Å². The maximum atomic E-state index is 14.1. The van der Waals surface area contributed by atoms with Crippen LogP contribution in [0.2, 0.25) is 10.0 Å². The standard InChI is InChI=1S/C34H25Cl2N3O3S/c1-21-30(32(40)38-27-13-6-3-7-14-27)31(23-10-4-2-5-11-23)39-33(41)29(43-34(39)37-21)19-24-18-26(36)15-16-28(24)42-20-22-9-8-12-25(35)17-22/h2-19,31H,20H2,1H3,(H,38,40)/b29-19-/t31-/m1/s1. The van der Waals surface area contributed by atoms with Gasteiger partial charge in [0.15, 0.2) is 4.80 Å². The minimum atomic E-state index is -0.666. The van der Waals surface area contributed by atoms with Gasteiger partial charge in [0.2, 0.25) is 0 Å². The molecule has 43 heavy (non-hydrogen) atoms. The number of para-hydroxylation sites is 1. The lowest BCUT2D eigenvalue weighted by atomic mass is 9.95. The summed E-state index contributed by atoms with van der Waals surface area (Å²) in [7, 11) is 0. The van der Waals surface area contributed by atoms with E-state index in [1.165, 1.54) is 11.3 Å². The van der Waals surface area contributed by atoms with Crippen LogP contribution in [-0.4, -0.2) is 10.5 Å². The van der Waals surface area contributed by atoms with Crippen molar-refractivity contribution >= 4 is 52.2 Å². The Labute approximate surface area is 261 Å². The van der Waals surface area contributed by atoms with E-state index >= 15 is 0 Å². The van der Waals surface area contributed by atoms with Gasteiger partial charge in [0.05, 0.1) is 21.8 Å². The van der Waals surface area contributed by atoms with Gasteiger partial charge in [-0.05, 0) is 66.6 Å². The van der Waals surface area contributed by atoms with Crippen LogP contribution in [0.4, 0.5) is 5.69 Å². The van der Waals surface area contributed by atoms with Crippen molar-refractivity contribution in [2.24, 2.45) is 4.99 Å². The summed E-state index contributed by atoms with van der Waals surface area (Å²) < 4.78 is 8.15. The Morgan fingerprint density at radius 2 is 1.67 bits per heavy atom. The van der Waals surface area contributed by atoms with E-state index in [9.17, 15) is 9.59 Å². The van der Waals surface area contributed by atoms with E-state index in [1.54, 1.807) is 41.8 Å². The SMILES string of the molecule is CC1=C(C(=O)Nc2ccccc2)[C@@H](c2ccccc2)n2c(s/c(=C\c3cc(Cl)ccc3OCc3cccc(Cl)c3)c2=O)=N1. The second-order valence-corrected chi connectivity index (χ2v) is 11.8. The molecule has 1 aliphatic heterocycles. The Morgan fingerprint density at radius 3 is 2.42 bits per heavy atom. The van der Waals surface area contributed by atoms with E-state index in [2.05, 4.69) is 5.32 Å². The van der Waals surface area contributed by atoms with Gasteiger partial charge >= 0.3 is 0 Å². The van der Waals surface area contributed by atoms with Crippen LogP contribution in [0.5, 0.6) is 5.75 Å². The number of nitrogens with one attached hydrogen (secondary N) is 1. The van der Waals surface area contributed by atoms with Crippen molar-refractivity contribution in [2.45, 2.75) is 19.6 Å². The number of benzene rings is 4. The van der Waals surface area contributed by atoms with E-state index in [1.807, 2.05) is 78.9 Å². The zero-order valence-corrected chi connectivity index (χ0v) is 25.3. The number of carbonyl (C=O) groups is 1. The van der Waals surface area contributed by atoms with Crippen molar-refractivity contribution in [3.63, 3.8) is 0 Å². The fraction of sp³-hybridized carbons (Fsp3) is 0.0882. The summed E-state index contributed by atoms with van der Waals surface area (Å²) in [4.78, 5) is 33.0. The lowest BCUT2D eigenvalue weighted by Crippen LogP contribution is -2.40. The summed E-state index contributed by atoms with van der Waals surface area (Å²) in [5.41, 5.74) is 3.70. The number of hydrogen-bond donors (Lipinski definition) is 1. The second kappa shape index (κ2) is 12.4. The van der Waals surface area contributed by atoms with Crippen LogP contribution < -0.4 is 24.9 Å². The molecule has 1 N–H and O–H groups in total. The lowest BCUT2D eigenvalue weighted by Gasteiger charge is -2.25. The van der Waals surface area contributed by atoms with Gasteiger partial charge < -0.3 is 10.1 Å². The van der Waals surface area contributed by atoms with Gasteiger partial charge in [-0.2, -0.15) is 0 Å². The van der Waals surface area contributed by atoms with E-state index in [0.29, 0.717) is 47.6 Å². The molecule has 0 bridgehead atoms. The topological polar surface area (TPSA) is 72.7 Å². The van der Waals surface area contributed by atoms with Gasteiger partial charge in [0.1, 0.15) is 12.4 Å². The first-order valence-corrected chi connectivity index (χ1v) is 15.1. The number of nitrogens with zero attached hydrogens (tertiary/aromatic N) is 2. The molecule has 2 heterocycles. The third kappa shape index (κ3) is 6.20. The minimum Gasteiger partial charge on any atom is -0.488 e. The molecule has 6 rings (SSSR count). The number of anilines is 1. The minimum absolute atomic E-state index is 0.268. The highest BCUT2D eigenvalue weighted by atomic mass is 35.5. The zero-order valence-electron chi connectivity index (χ0n) is 23.0. The van der Waals surface area contributed by atoms with Gasteiger partial charge in [-0.15, -0.1) is 0 Å². The summed E-state index contributed by atoms with van der Waals surface area (Å²) >= 11 is 13.8. The first kappa shape index (κ1) is 28.7. The Balaban J connectivity index is 1.43. The molecule has 0 unspecified atom stereocenters. The molecule has 4 aromatic carbocycles. The van der Waals surface area contributed by atoms with Crippen LogP contribution in [0.15, 0.2) is 124 Å². The predicted octanol–water partition coefficient (Wildman–Crippen LogP) is 6.76. The maximum absolute atomic E-state index is 14.1. The molecule has 0 saturated heterocycles. The fourth-order valence-electron chi connectivity index (χ4n) is 4.98. The number of ether oxygens (including phenoxy) is 1. The number of hydrogen-bond acceptors (Lipinski definition) is 5. The maximum Gasteiger partial charge on any atom is 0.271 e. The summed E-state index contributed by atoms with van der Waals surface area (Å²) in [6.45, 7) is 2.09. The van der Waals surface area contributed by atoms with Crippen LogP contribution in [-0.2, 0) is 11.4 Å². The van der Waals surface area contributed by atoms with Crippen LogP contribution >= 0.6 is 34.5 Å². The zero-order chi connectivity index (χ0) is 29.9. The monoisotopic (exact) mass is 625 g/mol. The number of carbonyl (C=O) groups excluding carboxylic acids is 1. The quantitative estimate of drug-likeness (QED) is 0.217. The normalized spacial score (nSPS) is 14.7. The molecule has 0 spiro atoms. The first-order valence-electron chi connectivity index (χ1n) is 13.5. The van der Waals surface area contributed by atoms with Gasteiger partial charge in [-0.3, -0.25) is 14.2 Å². The molecule has 9 heteroatoms. The summed E-state index contributed by atoms with van der Waals surface area (Å²) in [6.07, 6.45) is 1.76. The predicted molar refractivity (Wildman–Crippen MR) is 173 cm³/mol. The number of aromatic nitrogens is 1. The number of allylic oxidation sites excluding steroid dienone is 1. The second-order valence-electron chi connectivity index (χ2n) is 9.91. The van der Waals surface area contributed by atoms with E-state index in [0.717, 1.165) is 11.1 Å². The van der Waals surface area contributed by atoms with Crippen molar-refractivity contribution < 1.29 is 9.53 Å². The molecule has 214 valence electrons. The molecule has 1 aromatic heterocycles. The molecule has 1 aliphatic rings. The van der Waals surface area contributed by atoms with Gasteiger partial charge in [0, 0.05) is 21.3 Å². The number of halogens is 2. The van der Waals surface area contributed by atoms with Crippen molar-refractivity contribution in [2.75, 3.05) is 5.32 Å². The van der Waals surface area contributed by atoms with Crippen LogP contribution in [0, 0.1) is 0 Å². The third-order valence-corrected chi connectivity index (χ3v) is 8.41. The molecule has 1 atom stereocenters. The van der Waals surface area contributed by atoms with E-state index in [-0.39, 0.29) is 18.1 Å². The van der Waals surface area contributed by atoms with Gasteiger partial charge in [-0.25, -0.2) is 4.99 Å². The fourth-order valence-corrected chi connectivity index (χ4v) is 6.41. The molecule has 0 aliphatic carbocycles. The van der Waals surface area contributed by atoms with Crippen LogP contribution in [0.1, 0.15) is 29.7 Å². The number of fused-ring (bicyclic) bond motifs is 1. The van der Waals surface area contributed by atoms with Gasteiger partial charge in [0.25, 0.3) is 11.5 Å². The van der Waals surface area contributed by atoms with Crippen molar-refractivity contribution in [1.82, 2.24) is 4.57 Å². The van der Waals surface area contributed by atoms with E-state index in [4.69, 9.17) is 32.9 Å². The molecule has 1 amide bonds. The smallest absolute Gasteiger partial charge is 0.271 e. The molecule has 6 nitrogen and oxygen atoms in total. The molecule has 0 saturated carbocycles. The Morgan fingerprint density at radius 1 is 0.953 bits per heavy atom. The van der Waals surface area contributed by atoms with Gasteiger partial charge in [-0.1, -0.05) is 95.2 Å². The van der Waals surface area contributed by atoms with Crippen LogP contribution in [0.3, 0.4) is 0 Å². The Hall–Kier alpha value is -4.43. The highest BCUT2D eigenvalue weighted by Crippen LogP contribution is 2.31. The average Bonchev–Trinajstić information content (AvgIpc) is 3.30. The largest absolute Gasteiger partial charge is 0.488 e.